The molecule has 0 radical (unpaired) electrons. The molecule has 0 bridgehead atoms. The highest BCUT2D eigenvalue weighted by Crippen LogP contribution is 2.21. The van der Waals surface area contributed by atoms with Crippen LogP contribution in [0, 0.1) is 6.92 Å². The van der Waals surface area contributed by atoms with Gasteiger partial charge in [-0.05, 0) is 18.9 Å². The van der Waals surface area contributed by atoms with E-state index in [0.717, 1.165) is 11.3 Å². The molecule has 0 spiro atoms. The number of hydrogen-bond donors (Lipinski definition) is 0. The van der Waals surface area contributed by atoms with Crippen molar-refractivity contribution in [2.75, 3.05) is 6.61 Å². The summed E-state index contributed by atoms with van der Waals surface area (Å²) in [7, 11) is 0. The fourth-order valence-corrected chi connectivity index (χ4v) is 1.52. The van der Waals surface area contributed by atoms with Crippen molar-refractivity contribution in [1.82, 2.24) is 4.98 Å². The number of aryl methyl sites for hydroxylation is 1. The molecule has 0 aliphatic heterocycles. The van der Waals surface area contributed by atoms with Gasteiger partial charge in [-0.3, -0.25) is 0 Å². The standard InChI is InChI=1S/C11H13ClF3NO/c1-8-9(7-12)3-4-10(16-8)17-6-2-5-11(13,14)15/h3-4H,2,5-7H2,1H3. The van der Waals surface area contributed by atoms with Gasteiger partial charge in [0.05, 0.1) is 6.61 Å². The normalized spacial score (nSPS) is 11.6. The lowest BCUT2D eigenvalue weighted by Gasteiger charge is -2.09. The second-order valence-electron chi connectivity index (χ2n) is 3.59. The molecule has 96 valence electrons. The van der Waals surface area contributed by atoms with Gasteiger partial charge in [-0.2, -0.15) is 13.2 Å². The summed E-state index contributed by atoms with van der Waals surface area (Å²) >= 11 is 5.66. The molecule has 17 heavy (non-hydrogen) atoms. The maximum absolute atomic E-state index is 11.9. The van der Waals surface area contributed by atoms with Gasteiger partial charge >= 0.3 is 6.18 Å². The molecule has 0 aromatic carbocycles. The minimum Gasteiger partial charge on any atom is -0.478 e. The van der Waals surface area contributed by atoms with E-state index in [9.17, 15) is 13.2 Å². The molecular weight excluding hydrogens is 255 g/mol. The fraction of sp³-hybridized carbons (Fsp3) is 0.545. The van der Waals surface area contributed by atoms with Gasteiger partial charge in [-0.25, -0.2) is 4.98 Å². The van der Waals surface area contributed by atoms with Crippen molar-refractivity contribution in [2.45, 2.75) is 31.8 Å². The minimum atomic E-state index is -4.13. The van der Waals surface area contributed by atoms with Crippen molar-refractivity contribution < 1.29 is 17.9 Å². The van der Waals surface area contributed by atoms with Crippen LogP contribution in [0.4, 0.5) is 13.2 Å². The smallest absolute Gasteiger partial charge is 0.389 e. The van der Waals surface area contributed by atoms with Crippen LogP contribution >= 0.6 is 11.6 Å². The van der Waals surface area contributed by atoms with Gasteiger partial charge in [-0.15, -0.1) is 11.6 Å². The fourth-order valence-electron chi connectivity index (χ4n) is 1.24. The van der Waals surface area contributed by atoms with Crippen LogP contribution in [-0.2, 0) is 5.88 Å². The van der Waals surface area contributed by atoms with Gasteiger partial charge in [-0.1, -0.05) is 6.07 Å². The lowest BCUT2D eigenvalue weighted by atomic mass is 10.2. The van der Waals surface area contributed by atoms with Gasteiger partial charge in [0.1, 0.15) is 0 Å². The number of rotatable bonds is 5. The van der Waals surface area contributed by atoms with E-state index in [4.69, 9.17) is 16.3 Å². The average Bonchev–Trinajstić information content (AvgIpc) is 2.23. The molecule has 1 heterocycles. The Hall–Kier alpha value is -0.970. The lowest BCUT2D eigenvalue weighted by Crippen LogP contribution is -2.10. The van der Waals surface area contributed by atoms with Crippen LogP contribution in [0.25, 0.3) is 0 Å². The molecular formula is C11H13ClF3NO. The van der Waals surface area contributed by atoms with E-state index < -0.39 is 12.6 Å². The van der Waals surface area contributed by atoms with Crippen LogP contribution in [0.3, 0.4) is 0 Å². The molecule has 0 fully saturated rings. The van der Waals surface area contributed by atoms with Gasteiger partial charge in [0.25, 0.3) is 0 Å². The van der Waals surface area contributed by atoms with Gasteiger partial charge < -0.3 is 4.74 Å². The molecule has 0 saturated carbocycles. The zero-order valence-electron chi connectivity index (χ0n) is 9.35. The van der Waals surface area contributed by atoms with Crippen LogP contribution in [0.5, 0.6) is 5.88 Å². The Morgan fingerprint density at radius 1 is 1.35 bits per heavy atom. The Bertz CT molecular complexity index is 368. The van der Waals surface area contributed by atoms with Crippen molar-refractivity contribution in [3.8, 4) is 5.88 Å². The number of aromatic nitrogens is 1. The van der Waals surface area contributed by atoms with E-state index in [1.165, 1.54) is 0 Å². The second-order valence-corrected chi connectivity index (χ2v) is 3.86. The van der Waals surface area contributed by atoms with Crippen molar-refractivity contribution in [3.05, 3.63) is 23.4 Å². The Labute approximate surface area is 103 Å². The Morgan fingerprint density at radius 2 is 2.06 bits per heavy atom. The third kappa shape index (κ3) is 5.26. The zero-order valence-corrected chi connectivity index (χ0v) is 10.1. The van der Waals surface area contributed by atoms with Crippen LogP contribution in [0.1, 0.15) is 24.1 Å². The van der Waals surface area contributed by atoms with E-state index in [1.807, 2.05) is 0 Å². The summed E-state index contributed by atoms with van der Waals surface area (Å²) in [5, 5.41) is 0. The Morgan fingerprint density at radius 3 is 2.59 bits per heavy atom. The Balaban J connectivity index is 2.40. The Kier molecular flexibility index (Phi) is 5.05. The van der Waals surface area contributed by atoms with Crippen molar-refractivity contribution in [1.29, 1.82) is 0 Å². The molecule has 2 nitrogen and oxygen atoms in total. The highest BCUT2D eigenvalue weighted by molar-refractivity contribution is 6.17. The minimum absolute atomic E-state index is 0.00612. The van der Waals surface area contributed by atoms with E-state index in [-0.39, 0.29) is 13.0 Å². The predicted molar refractivity (Wildman–Crippen MR) is 59.3 cm³/mol. The number of halogens is 4. The average molecular weight is 268 g/mol. The van der Waals surface area contributed by atoms with Crippen molar-refractivity contribution in [2.24, 2.45) is 0 Å². The summed E-state index contributed by atoms with van der Waals surface area (Å²) in [6, 6.07) is 3.37. The maximum atomic E-state index is 11.9. The first-order chi connectivity index (χ1) is 7.92. The largest absolute Gasteiger partial charge is 0.478 e. The predicted octanol–water partition coefficient (Wildman–Crippen LogP) is 3.85. The third-order valence-corrected chi connectivity index (χ3v) is 2.46. The van der Waals surface area contributed by atoms with E-state index >= 15 is 0 Å². The van der Waals surface area contributed by atoms with E-state index in [2.05, 4.69) is 4.98 Å². The monoisotopic (exact) mass is 267 g/mol. The number of alkyl halides is 4. The summed E-state index contributed by atoms with van der Waals surface area (Å²) in [5.74, 6) is 0.686. The number of ether oxygens (including phenoxy) is 1. The summed E-state index contributed by atoms with van der Waals surface area (Å²) in [6.45, 7) is 1.78. The summed E-state index contributed by atoms with van der Waals surface area (Å²) < 4.78 is 40.7. The topological polar surface area (TPSA) is 22.1 Å². The quantitative estimate of drug-likeness (QED) is 0.597. The highest BCUT2D eigenvalue weighted by Gasteiger charge is 2.26. The summed E-state index contributed by atoms with van der Waals surface area (Å²) in [6.07, 6.45) is -5.04. The zero-order chi connectivity index (χ0) is 12.9. The lowest BCUT2D eigenvalue weighted by molar-refractivity contribution is -0.136. The SMILES string of the molecule is Cc1nc(OCCCC(F)(F)F)ccc1CCl. The van der Waals surface area contributed by atoms with Gasteiger partial charge in [0.15, 0.2) is 0 Å². The molecule has 0 saturated heterocycles. The van der Waals surface area contributed by atoms with Crippen molar-refractivity contribution in [3.63, 3.8) is 0 Å². The van der Waals surface area contributed by atoms with E-state index in [1.54, 1.807) is 19.1 Å². The number of hydrogen-bond acceptors (Lipinski definition) is 2. The molecule has 0 amide bonds. The molecule has 0 N–H and O–H groups in total. The number of pyridine rings is 1. The van der Waals surface area contributed by atoms with E-state index in [0.29, 0.717) is 11.8 Å². The molecule has 6 heteroatoms. The van der Waals surface area contributed by atoms with Crippen LogP contribution in [0.15, 0.2) is 12.1 Å². The highest BCUT2D eigenvalue weighted by atomic mass is 35.5. The molecule has 1 rings (SSSR count). The second kappa shape index (κ2) is 6.10. The summed E-state index contributed by atoms with van der Waals surface area (Å²) in [5.41, 5.74) is 1.61. The first-order valence-electron chi connectivity index (χ1n) is 5.14. The molecule has 1 aromatic rings. The third-order valence-electron chi connectivity index (χ3n) is 2.17. The first kappa shape index (κ1) is 14.1. The molecule has 0 aliphatic rings. The van der Waals surface area contributed by atoms with Crippen LogP contribution in [-0.4, -0.2) is 17.8 Å². The number of nitrogens with zero attached hydrogens (tertiary/aromatic N) is 1. The molecule has 0 unspecified atom stereocenters. The van der Waals surface area contributed by atoms with Crippen LogP contribution < -0.4 is 4.74 Å². The first-order valence-corrected chi connectivity index (χ1v) is 5.68. The maximum Gasteiger partial charge on any atom is 0.389 e. The molecule has 1 aromatic heterocycles. The molecule has 0 atom stereocenters. The van der Waals surface area contributed by atoms with Crippen LogP contribution in [0.2, 0.25) is 0 Å². The van der Waals surface area contributed by atoms with Gasteiger partial charge in [0.2, 0.25) is 5.88 Å². The molecule has 0 aliphatic carbocycles. The summed E-state index contributed by atoms with van der Waals surface area (Å²) in [4.78, 5) is 4.09. The van der Waals surface area contributed by atoms with Gasteiger partial charge in [0, 0.05) is 24.1 Å². The van der Waals surface area contributed by atoms with Crippen molar-refractivity contribution >= 4 is 11.6 Å².